The molecule has 1 heterocycles. The average Bonchev–Trinajstić information content (AvgIpc) is 2.33. The van der Waals surface area contributed by atoms with Gasteiger partial charge in [0.2, 0.25) is 5.88 Å². The Morgan fingerprint density at radius 1 is 1.45 bits per heavy atom. The highest BCUT2D eigenvalue weighted by Crippen LogP contribution is 2.21. The summed E-state index contributed by atoms with van der Waals surface area (Å²) in [6.07, 6.45) is 0. The van der Waals surface area contributed by atoms with Crippen molar-refractivity contribution in [3.05, 3.63) is 21.8 Å². The van der Waals surface area contributed by atoms with Gasteiger partial charge in [0.05, 0.1) is 5.39 Å². The van der Waals surface area contributed by atoms with Crippen LogP contribution in [-0.4, -0.2) is 5.16 Å². The maximum Gasteiger partial charge on any atom is 0.230 e. The van der Waals surface area contributed by atoms with Crippen molar-refractivity contribution in [2.45, 2.75) is 0 Å². The highest BCUT2D eigenvalue weighted by molar-refractivity contribution is 14.1. The minimum absolute atomic E-state index is 0.388. The first-order chi connectivity index (χ1) is 5.27. The molecule has 1 aromatic carbocycles. The lowest BCUT2D eigenvalue weighted by molar-refractivity contribution is 0.445. The van der Waals surface area contributed by atoms with Gasteiger partial charge in [-0.2, -0.15) is 0 Å². The first-order valence-electron chi connectivity index (χ1n) is 3.08. The molecular weight excluding hydrogens is 255 g/mol. The van der Waals surface area contributed by atoms with Gasteiger partial charge in [0, 0.05) is 3.57 Å². The Kier molecular flexibility index (Phi) is 1.49. The van der Waals surface area contributed by atoms with Crippen LogP contribution in [0.15, 0.2) is 22.7 Å². The molecule has 0 unspecified atom stereocenters. The number of nitrogens with zero attached hydrogens (tertiary/aromatic N) is 1. The van der Waals surface area contributed by atoms with Gasteiger partial charge in [0.1, 0.15) is 5.52 Å². The Morgan fingerprint density at radius 3 is 3.09 bits per heavy atom. The molecular formula is C7H5IN2O. The minimum atomic E-state index is 0.388. The van der Waals surface area contributed by atoms with E-state index in [0.717, 1.165) is 14.5 Å². The fourth-order valence-corrected chi connectivity index (χ4v) is 1.42. The van der Waals surface area contributed by atoms with Crippen molar-refractivity contribution in [3.63, 3.8) is 0 Å². The predicted octanol–water partition coefficient (Wildman–Crippen LogP) is 2.01. The number of nitrogens with two attached hydrogens (primary N) is 1. The fourth-order valence-electron chi connectivity index (χ4n) is 0.933. The Balaban J connectivity index is 2.87. The van der Waals surface area contributed by atoms with Crippen molar-refractivity contribution in [2.75, 3.05) is 5.73 Å². The third kappa shape index (κ3) is 1.07. The van der Waals surface area contributed by atoms with Gasteiger partial charge in [-0.15, -0.1) is 0 Å². The maximum absolute atomic E-state index is 5.51. The molecule has 2 N–H and O–H groups in total. The number of rotatable bonds is 0. The average molecular weight is 260 g/mol. The third-order valence-electron chi connectivity index (χ3n) is 1.47. The third-order valence-corrected chi connectivity index (χ3v) is 2.14. The van der Waals surface area contributed by atoms with E-state index in [1.807, 2.05) is 18.2 Å². The molecule has 1 aromatic heterocycles. The summed E-state index contributed by atoms with van der Waals surface area (Å²) < 4.78 is 5.92. The van der Waals surface area contributed by atoms with Gasteiger partial charge in [-0.05, 0) is 40.8 Å². The molecule has 0 fully saturated rings. The summed E-state index contributed by atoms with van der Waals surface area (Å²) in [5, 5.41) is 4.64. The summed E-state index contributed by atoms with van der Waals surface area (Å²) in [5.41, 5.74) is 6.32. The van der Waals surface area contributed by atoms with Crippen LogP contribution in [0.4, 0.5) is 5.88 Å². The lowest BCUT2D eigenvalue weighted by Gasteiger charge is -1.87. The number of halogens is 1. The molecule has 0 atom stereocenters. The van der Waals surface area contributed by atoms with E-state index in [-0.39, 0.29) is 0 Å². The van der Waals surface area contributed by atoms with E-state index in [9.17, 15) is 0 Å². The molecule has 0 saturated carbocycles. The smallest absolute Gasteiger partial charge is 0.230 e. The van der Waals surface area contributed by atoms with E-state index in [0.29, 0.717) is 5.88 Å². The van der Waals surface area contributed by atoms with Gasteiger partial charge in [-0.25, -0.2) is 0 Å². The van der Waals surface area contributed by atoms with Crippen LogP contribution in [0.3, 0.4) is 0 Å². The van der Waals surface area contributed by atoms with Gasteiger partial charge >= 0.3 is 0 Å². The van der Waals surface area contributed by atoms with Crippen LogP contribution in [0.1, 0.15) is 0 Å². The number of hydrogen-bond donors (Lipinski definition) is 1. The van der Waals surface area contributed by atoms with Gasteiger partial charge in [0.25, 0.3) is 0 Å². The summed E-state index contributed by atoms with van der Waals surface area (Å²) in [5.74, 6) is 0.388. The molecule has 0 aliphatic carbocycles. The predicted molar refractivity (Wildman–Crippen MR) is 51.1 cm³/mol. The van der Waals surface area contributed by atoms with Crippen molar-refractivity contribution in [3.8, 4) is 0 Å². The second-order valence-corrected chi connectivity index (χ2v) is 3.45. The number of aromatic nitrogens is 1. The summed E-state index contributed by atoms with van der Waals surface area (Å²) in [6.45, 7) is 0. The Hall–Kier alpha value is -0.780. The van der Waals surface area contributed by atoms with Crippen LogP contribution < -0.4 is 5.73 Å². The zero-order valence-electron chi connectivity index (χ0n) is 5.54. The minimum Gasteiger partial charge on any atom is -0.367 e. The van der Waals surface area contributed by atoms with E-state index in [1.54, 1.807) is 0 Å². The number of fused-ring (bicyclic) bond motifs is 1. The lowest BCUT2D eigenvalue weighted by Crippen LogP contribution is -1.80. The molecule has 0 aliphatic rings. The van der Waals surface area contributed by atoms with Crippen LogP contribution in [0.25, 0.3) is 10.9 Å². The van der Waals surface area contributed by atoms with E-state index in [1.165, 1.54) is 0 Å². The monoisotopic (exact) mass is 260 g/mol. The molecule has 2 rings (SSSR count). The summed E-state index contributed by atoms with van der Waals surface area (Å²) in [4.78, 5) is 0. The molecule has 0 amide bonds. The second kappa shape index (κ2) is 2.37. The highest BCUT2D eigenvalue weighted by Gasteiger charge is 2.03. The van der Waals surface area contributed by atoms with Crippen molar-refractivity contribution in [1.29, 1.82) is 0 Å². The lowest BCUT2D eigenvalue weighted by atomic mass is 10.2. The summed E-state index contributed by atoms with van der Waals surface area (Å²) in [6, 6.07) is 5.80. The first kappa shape index (κ1) is 6.90. The van der Waals surface area contributed by atoms with E-state index >= 15 is 0 Å². The first-order valence-corrected chi connectivity index (χ1v) is 4.15. The van der Waals surface area contributed by atoms with Gasteiger partial charge in [-0.3, -0.25) is 0 Å². The Morgan fingerprint density at radius 2 is 2.27 bits per heavy atom. The molecule has 0 radical (unpaired) electrons. The normalized spacial score (nSPS) is 10.6. The van der Waals surface area contributed by atoms with Crippen molar-refractivity contribution < 1.29 is 4.52 Å². The van der Waals surface area contributed by atoms with Crippen LogP contribution in [0, 0.1) is 3.57 Å². The fraction of sp³-hybridized carbons (Fsp3) is 0. The van der Waals surface area contributed by atoms with Crippen LogP contribution in [0.5, 0.6) is 0 Å². The molecule has 2 aromatic rings. The molecule has 4 heteroatoms. The molecule has 56 valence electrons. The van der Waals surface area contributed by atoms with Crippen LogP contribution >= 0.6 is 22.6 Å². The van der Waals surface area contributed by atoms with E-state index in [4.69, 9.17) is 10.3 Å². The second-order valence-electron chi connectivity index (χ2n) is 2.21. The van der Waals surface area contributed by atoms with E-state index in [2.05, 4.69) is 27.7 Å². The van der Waals surface area contributed by atoms with Gasteiger partial charge < -0.3 is 10.3 Å². The van der Waals surface area contributed by atoms with Crippen molar-refractivity contribution in [1.82, 2.24) is 5.16 Å². The topological polar surface area (TPSA) is 52.0 Å². The zero-order chi connectivity index (χ0) is 7.84. The summed E-state index contributed by atoms with van der Waals surface area (Å²) >= 11 is 2.22. The summed E-state index contributed by atoms with van der Waals surface area (Å²) in [7, 11) is 0. The number of nitrogen functional groups attached to an aromatic ring is 1. The molecule has 0 aliphatic heterocycles. The molecule has 0 saturated heterocycles. The molecule has 0 spiro atoms. The highest BCUT2D eigenvalue weighted by atomic mass is 127. The SMILES string of the molecule is Nc1onc2ccc(I)cc12. The maximum atomic E-state index is 5.51. The van der Waals surface area contributed by atoms with Gasteiger partial charge in [-0.1, -0.05) is 5.16 Å². The number of anilines is 1. The quantitative estimate of drug-likeness (QED) is 0.737. The zero-order valence-corrected chi connectivity index (χ0v) is 7.70. The van der Waals surface area contributed by atoms with E-state index < -0.39 is 0 Å². The van der Waals surface area contributed by atoms with Gasteiger partial charge in [0.15, 0.2) is 0 Å². The Labute approximate surface area is 76.7 Å². The standard InChI is InChI=1S/C7H5IN2O/c8-4-1-2-6-5(3-4)7(9)11-10-6/h1-3H,9H2. The number of benzene rings is 1. The molecule has 11 heavy (non-hydrogen) atoms. The molecule has 0 bridgehead atoms. The van der Waals surface area contributed by atoms with Crippen molar-refractivity contribution in [2.24, 2.45) is 0 Å². The van der Waals surface area contributed by atoms with Crippen LogP contribution in [0.2, 0.25) is 0 Å². The number of hydrogen-bond acceptors (Lipinski definition) is 3. The Bertz CT molecular complexity index is 396. The largest absolute Gasteiger partial charge is 0.367 e. The van der Waals surface area contributed by atoms with Crippen LogP contribution in [-0.2, 0) is 0 Å². The molecule has 3 nitrogen and oxygen atoms in total. The van der Waals surface area contributed by atoms with Crippen molar-refractivity contribution >= 4 is 39.4 Å².